The summed E-state index contributed by atoms with van der Waals surface area (Å²) >= 11 is 0. The summed E-state index contributed by atoms with van der Waals surface area (Å²) in [4.78, 5) is 10.1. The summed E-state index contributed by atoms with van der Waals surface area (Å²) in [6, 6.07) is 12.6. The van der Waals surface area contributed by atoms with Crippen LogP contribution in [0.2, 0.25) is 0 Å². The van der Waals surface area contributed by atoms with Crippen LogP contribution in [0, 0.1) is 10.1 Å². The number of hydrogen-bond acceptors (Lipinski definition) is 5. The van der Waals surface area contributed by atoms with Crippen molar-refractivity contribution in [2.45, 2.75) is 0 Å². The zero-order valence-corrected chi connectivity index (χ0v) is 9.72. The Morgan fingerprint density at radius 1 is 1.11 bits per heavy atom. The van der Waals surface area contributed by atoms with Gasteiger partial charge in [-0.25, -0.2) is 0 Å². The summed E-state index contributed by atoms with van der Waals surface area (Å²) in [5.74, 6) is -0.431. The Kier molecular flexibility index (Phi) is 3.42. The summed E-state index contributed by atoms with van der Waals surface area (Å²) in [6.07, 6.45) is 0. The molecule has 0 spiro atoms. The molecule has 0 aliphatic carbocycles. The molecule has 0 amide bonds. The minimum atomic E-state index is -0.696. The summed E-state index contributed by atoms with van der Waals surface area (Å²) in [5.41, 5.74) is 0.724. The zero-order valence-electron chi connectivity index (χ0n) is 9.72. The Balaban J connectivity index is 2.52. The van der Waals surface area contributed by atoms with E-state index < -0.39 is 16.4 Å². The van der Waals surface area contributed by atoms with Gasteiger partial charge >= 0.3 is 5.69 Å². The van der Waals surface area contributed by atoms with Gasteiger partial charge in [0.2, 0.25) is 0 Å². The van der Waals surface area contributed by atoms with Crippen LogP contribution in [-0.2, 0) is 0 Å². The first-order valence-electron chi connectivity index (χ1n) is 5.38. The predicted molar refractivity (Wildman–Crippen MR) is 68.6 cm³/mol. The third kappa shape index (κ3) is 2.52. The second-order valence-corrected chi connectivity index (χ2v) is 3.78. The predicted octanol–water partition coefficient (Wildman–Crippen LogP) is 2.53. The maximum atomic E-state index is 10.8. The van der Waals surface area contributed by atoms with E-state index in [0.29, 0.717) is 11.1 Å². The molecule has 2 aromatic rings. The molecule has 0 heterocycles. The molecule has 0 unspecified atom stereocenters. The molecule has 6 nitrogen and oxygen atoms in total. The van der Waals surface area contributed by atoms with Gasteiger partial charge in [-0.2, -0.15) is 0 Å². The van der Waals surface area contributed by atoms with Gasteiger partial charge in [0, 0.05) is 17.2 Å². The normalized spacial score (nSPS) is 11.3. The van der Waals surface area contributed by atoms with Crippen LogP contribution in [0.25, 0.3) is 0 Å². The number of rotatable bonds is 3. The first kappa shape index (κ1) is 12.6. The minimum absolute atomic E-state index is 0.198. The highest BCUT2D eigenvalue weighted by molar-refractivity contribution is 6.12. The van der Waals surface area contributed by atoms with Crippen LogP contribution in [0.5, 0.6) is 5.75 Å². The molecule has 0 radical (unpaired) electrons. The smallest absolute Gasteiger partial charge is 0.311 e. The van der Waals surface area contributed by atoms with Crippen molar-refractivity contribution in [1.82, 2.24) is 0 Å². The Labute approximate surface area is 108 Å². The molecule has 0 saturated heterocycles. The van der Waals surface area contributed by atoms with E-state index in [0.717, 1.165) is 6.07 Å². The Morgan fingerprint density at radius 2 is 1.79 bits per heavy atom. The number of nitro groups is 1. The van der Waals surface area contributed by atoms with Crippen LogP contribution in [0.4, 0.5) is 5.69 Å². The molecular weight excluding hydrogens is 248 g/mol. The highest BCUT2D eigenvalue weighted by atomic mass is 16.6. The van der Waals surface area contributed by atoms with Crippen molar-refractivity contribution in [1.29, 1.82) is 0 Å². The third-order valence-corrected chi connectivity index (χ3v) is 2.59. The summed E-state index contributed by atoms with van der Waals surface area (Å²) in [7, 11) is 0. The second kappa shape index (κ2) is 5.18. The standard InChI is InChI=1S/C13H10N2O4/c16-12-7-6-10(8-11(12)15(18)19)13(14-17)9-4-2-1-3-5-9/h1-8,16-17H. The summed E-state index contributed by atoms with van der Waals surface area (Å²) < 4.78 is 0. The molecule has 0 fully saturated rings. The molecule has 0 saturated carbocycles. The number of phenols is 1. The molecule has 0 aromatic heterocycles. The average molecular weight is 258 g/mol. The van der Waals surface area contributed by atoms with Gasteiger partial charge in [-0.05, 0) is 12.1 Å². The van der Waals surface area contributed by atoms with Gasteiger partial charge in [-0.15, -0.1) is 0 Å². The summed E-state index contributed by atoms with van der Waals surface area (Å²) in [5, 5.41) is 32.4. The lowest BCUT2D eigenvalue weighted by Gasteiger charge is -2.05. The lowest BCUT2D eigenvalue weighted by atomic mass is 10.0. The van der Waals surface area contributed by atoms with Crippen molar-refractivity contribution in [3.8, 4) is 5.75 Å². The summed E-state index contributed by atoms with van der Waals surface area (Å²) in [6.45, 7) is 0. The lowest BCUT2D eigenvalue weighted by Crippen LogP contribution is -2.04. The largest absolute Gasteiger partial charge is 0.502 e. The number of aromatic hydroxyl groups is 1. The molecule has 2 aromatic carbocycles. The first-order chi connectivity index (χ1) is 9.13. The van der Waals surface area contributed by atoms with E-state index in [9.17, 15) is 15.2 Å². The Bertz CT molecular complexity index is 638. The number of nitrogens with zero attached hydrogens (tertiary/aromatic N) is 2. The molecular formula is C13H10N2O4. The van der Waals surface area contributed by atoms with Crippen molar-refractivity contribution in [2.24, 2.45) is 5.16 Å². The number of nitro benzene ring substituents is 1. The maximum absolute atomic E-state index is 10.8. The van der Waals surface area contributed by atoms with Crippen molar-refractivity contribution in [3.05, 3.63) is 69.8 Å². The molecule has 0 aliphatic heterocycles. The van der Waals surface area contributed by atoms with Crippen LogP contribution in [0.3, 0.4) is 0 Å². The van der Waals surface area contributed by atoms with E-state index in [1.165, 1.54) is 12.1 Å². The van der Waals surface area contributed by atoms with Crippen LogP contribution < -0.4 is 0 Å². The van der Waals surface area contributed by atoms with Gasteiger partial charge in [0.05, 0.1) is 4.92 Å². The van der Waals surface area contributed by atoms with Crippen LogP contribution >= 0.6 is 0 Å². The maximum Gasteiger partial charge on any atom is 0.311 e. The fraction of sp³-hybridized carbons (Fsp3) is 0. The average Bonchev–Trinajstić information content (AvgIpc) is 2.42. The van der Waals surface area contributed by atoms with E-state index in [4.69, 9.17) is 5.21 Å². The molecule has 96 valence electrons. The van der Waals surface area contributed by atoms with Crippen LogP contribution in [0.1, 0.15) is 11.1 Å². The van der Waals surface area contributed by atoms with Crippen LogP contribution in [0.15, 0.2) is 53.7 Å². The molecule has 19 heavy (non-hydrogen) atoms. The number of phenolic OH excluding ortho intramolecular Hbond substituents is 1. The van der Waals surface area contributed by atoms with Gasteiger partial charge in [0.1, 0.15) is 5.71 Å². The first-order valence-corrected chi connectivity index (χ1v) is 5.38. The Morgan fingerprint density at radius 3 is 2.37 bits per heavy atom. The van der Waals surface area contributed by atoms with Crippen molar-refractivity contribution < 1.29 is 15.2 Å². The Hall–Kier alpha value is -2.89. The van der Waals surface area contributed by atoms with Gasteiger partial charge in [-0.3, -0.25) is 10.1 Å². The number of oxime groups is 1. The second-order valence-electron chi connectivity index (χ2n) is 3.78. The monoisotopic (exact) mass is 258 g/mol. The fourth-order valence-corrected chi connectivity index (χ4v) is 1.70. The fourth-order valence-electron chi connectivity index (χ4n) is 1.70. The zero-order chi connectivity index (χ0) is 13.8. The SMILES string of the molecule is O=[N+]([O-])c1cc(C(=NO)c2ccccc2)ccc1O. The minimum Gasteiger partial charge on any atom is -0.502 e. The molecule has 2 N–H and O–H groups in total. The van der Waals surface area contributed by atoms with Crippen LogP contribution in [-0.4, -0.2) is 20.9 Å². The highest BCUT2D eigenvalue weighted by Crippen LogP contribution is 2.27. The molecule has 0 atom stereocenters. The van der Waals surface area contributed by atoms with Gasteiger partial charge < -0.3 is 10.3 Å². The van der Waals surface area contributed by atoms with E-state index in [2.05, 4.69) is 5.16 Å². The molecule has 6 heteroatoms. The quantitative estimate of drug-likeness (QED) is 0.382. The third-order valence-electron chi connectivity index (χ3n) is 2.59. The highest BCUT2D eigenvalue weighted by Gasteiger charge is 2.17. The van der Waals surface area contributed by atoms with E-state index in [1.54, 1.807) is 30.3 Å². The van der Waals surface area contributed by atoms with Gasteiger partial charge in [0.25, 0.3) is 0 Å². The number of benzene rings is 2. The topological polar surface area (TPSA) is 96.0 Å². The van der Waals surface area contributed by atoms with Gasteiger partial charge in [0.15, 0.2) is 5.75 Å². The van der Waals surface area contributed by atoms with E-state index in [1.807, 2.05) is 0 Å². The van der Waals surface area contributed by atoms with Crippen molar-refractivity contribution >= 4 is 11.4 Å². The molecule has 2 rings (SSSR count). The van der Waals surface area contributed by atoms with E-state index >= 15 is 0 Å². The molecule has 0 aliphatic rings. The lowest BCUT2D eigenvalue weighted by molar-refractivity contribution is -0.385. The van der Waals surface area contributed by atoms with Crippen molar-refractivity contribution in [3.63, 3.8) is 0 Å². The van der Waals surface area contributed by atoms with Gasteiger partial charge in [-0.1, -0.05) is 35.5 Å². The van der Waals surface area contributed by atoms with E-state index in [-0.39, 0.29) is 5.71 Å². The van der Waals surface area contributed by atoms with Crippen molar-refractivity contribution in [2.75, 3.05) is 0 Å². The number of hydrogen-bond donors (Lipinski definition) is 2. The molecule has 0 bridgehead atoms.